The van der Waals surface area contributed by atoms with Crippen LogP contribution >= 0.6 is 0 Å². The number of hydrogen-bond donors (Lipinski definition) is 3. The van der Waals surface area contributed by atoms with Crippen molar-refractivity contribution in [1.29, 1.82) is 0 Å². The highest BCUT2D eigenvalue weighted by Crippen LogP contribution is 2.33. The molecule has 182 valence electrons. The molecule has 0 aliphatic carbocycles. The quantitative estimate of drug-likeness (QED) is 0.271. The summed E-state index contributed by atoms with van der Waals surface area (Å²) in [5.41, 5.74) is 8.09. The lowest BCUT2D eigenvalue weighted by atomic mass is 10.1. The number of hydrogen-bond acceptors (Lipinski definition) is 6. The molecule has 1 aliphatic rings. The first-order valence-electron chi connectivity index (χ1n) is 12.6. The largest absolute Gasteiger partial charge is 0.358 e. The highest BCUT2D eigenvalue weighted by Gasteiger charge is 2.19. The summed E-state index contributed by atoms with van der Waals surface area (Å²) in [6.45, 7) is 10.4. The van der Waals surface area contributed by atoms with Crippen molar-refractivity contribution in [1.82, 2.24) is 30.1 Å². The Kier molecular flexibility index (Phi) is 5.64. The zero-order chi connectivity index (χ0) is 24.6. The maximum atomic E-state index is 4.99. The molecule has 0 amide bonds. The Morgan fingerprint density at radius 3 is 2.75 bits per heavy atom. The van der Waals surface area contributed by atoms with Gasteiger partial charge in [0.25, 0.3) is 0 Å². The topological polar surface area (TPSA) is 98.4 Å². The number of aromatic nitrogens is 6. The lowest BCUT2D eigenvalue weighted by Gasteiger charge is -2.28. The Balaban J connectivity index is 1.38. The second-order valence-electron chi connectivity index (χ2n) is 9.76. The van der Waals surface area contributed by atoms with Crippen LogP contribution in [0.15, 0.2) is 61.2 Å². The fourth-order valence-corrected chi connectivity index (χ4v) is 4.75. The predicted octanol–water partition coefficient (Wildman–Crippen LogP) is 6.14. The molecule has 5 aromatic rings. The Morgan fingerprint density at radius 1 is 1.06 bits per heavy atom. The molecule has 5 aromatic heterocycles. The molecular weight excluding hydrogens is 448 g/mol. The fraction of sp³-hybridized carbons (Fsp3) is 0.286. The molecule has 36 heavy (non-hydrogen) atoms. The number of nitrogens with one attached hydrogen (secondary N) is 3. The van der Waals surface area contributed by atoms with Gasteiger partial charge in [0.15, 0.2) is 0 Å². The molecule has 6 rings (SSSR count). The first kappa shape index (κ1) is 22.3. The summed E-state index contributed by atoms with van der Waals surface area (Å²) in [6.07, 6.45) is 9.23. The molecule has 3 N–H and O–H groups in total. The number of piperidine rings is 1. The zero-order valence-electron chi connectivity index (χ0n) is 20.7. The van der Waals surface area contributed by atoms with E-state index < -0.39 is 0 Å². The molecule has 0 aromatic carbocycles. The van der Waals surface area contributed by atoms with Crippen molar-refractivity contribution in [3.05, 3.63) is 61.2 Å². The van der Waals surface area contributed by atoms with Crippen LogP contribution in [0.1, 0.15) is 33.1 Å². The van der Waals surface area contributed by atoms with Crippen molar-refractivity contribution in [3.8, 4) is 22.6 Å². The van der Waals surface area contributed by atoms with E-state index in [1.807, 2.05) is 36.7 Å². The van der Waals surface area contributed by atoms with Gasteiger partial charge in [-0.05, 0) is 55.5 Å². The normalized spacial score (nSPS) is 14.1. The van der Waals surface area contributed by atoms with Crippen molar-refractivity contribution in [2.45, 2.75) is 33.1 Å². The average Bonchev–Trinajstić information content (AvgIpc) is 3.53. The summed E-state index contributed by atoms with van der Waals surface area (Å²) in [6, 6.07) is 10.2. The minimum Gasteiger partial charge on any atom is -0.358 e. The number of aromatic amines is 2. The number of allylic oxidation sites excluding steroid dienone is 1. The molecule has 0 unspecified atom stereocenters. The van der Waals surface area contributed by atoms with Crippen molar-refractivity contribution < 1.29 is 0 Å². The summed E-state index contributed by atoms with van der Waals surface area (Å²) in [5, 5.41) is 12.2. The smallest absolute Gasteiger partial charge is 0.137 e. The van der Waals surface area contributed by atoms with E-state index in [4.69, 9.17) is 9.97 Å². The van der Waals surface area contributed by atoms with Gasteiger partial charge >= 0.3 is 0 Å². The lowest BCUT2D eigenvalue weighted by Crippen LogP contribution is -2.30. The number of pyridine rings is 3. The van der Waals surface area contributed by atoms with E-state index in [1.165, 1.54) is 19.3 Å². The second kappa shape index (κ2) is 9.11. The van der Waals surface area contributed by atoms with Gasteiger partial charge in [-0.15, -0.1) is 0 Å². The molecule has 0 radical (unpaired) electrons. The van der Waals surface area contributed by atoms with E-state index in [2.05, 4.69) is 56.9 Å². The van der Waals surface area contributed by atoms with E-state index in [0.717, 1.165) is 74.9 Å². The Labute approximate surface area is 209 Å². The van der Waals surface area contributed by atoms with Crippen LogP contribution in [-0.2, 0) is 0 Å². The van der Waals surface area contributed by atoms with Crippen LogP contribution in [-0.4, -0.2) is 43.2 Å². The first-order chi connectivity index (χ1) is 17.6. The maximum absolute atomic E-state index is 4.99. The molecule has 0 bridgehead atoms. The Bertz CT molecular complexity index is 1550. The van der Waals surface area contributed by atoms with Crippen LogP contribution < -0.4 is 10.2 Å². The Hall–Kier alpha value is -4.20. The monoisotopic (exact) mass is 478 g/mol. The summed E-state index contributed by atoms with van der Waals surface area (Å²) in [7, 11) is 0. The van der Waals surface area contributed by atoms with Crippen molar-refractivity contribution >= 4 is 33.4 Å². The standard InChI is InChI=1S/C28H30N8/c1-17(2)18(3)31-20-13-19(15-29-16-20)22-7-8-24-26(33-22)27(35-34-24)25-14-21-23(32-25)9-10-30-28(21)36-11-5-4-6-12-36/h7-10,13-17,31-32H,3-6,11-12H2,1-2H3,(H,34,35). The molecule has 1 saturated heterocycles. The fourth-order valence-electron chi connectivity index (χ4n) is 4.75. The molecule has 1 aliphatic heterocycles. The van der Waals surface area contributed by atoms with E-state index in [-0.39, 0.29) is 0 Å². The molecule has 0 spiro atoms. The van der Waals surface area contributed by atoms with Crippen molar-refractivity contribution in [3.63, 3.8) is 0 Å². The molecule has 6 heterocycles. The third kappa shape index (κ3) is 4.08. The van der Waals surface area contributed by atoms with Crippen LogP contribution in [0.3, 0.4) is 0 Å². The van der Waals surface area contributed by atoms with E-state index >= 15 is 0 Å². The van der Waals surface area contributed by atoms with Crippen LogP contribution in [0.4, 0.5) is 11.5 Å². The van der Waals surface area contributed by atoms with Gasteiger partial charge in [-0.25, -0.2) is 9.97 Å². The van der Waals surface area contributed by atoms with Gasteiger partial charge in [0.05, 0.1) is 34.3 Å². The summed E-state index contributed by atoms with van der Waals surface area (Å²) >= 11 is 0. The number of H-pyrrole nitrogens is 2. The molecule has 8 nitrogen and oxygen atoms in total. The molecule has 8 heteroatoms. The average molecular weight is 479 g/mol. The summed E-state index contributed by atoms with van der Waals surface area (Å²) in [4.78, 5) is 20.1. The van der Waals surface area contributed by atoms with Gasteiger partial charge in [-0.2, -0.15) is 5.10 Å². The maximum Gasteiger partial charge on any atom is 0.137 e. The third-order valence-electron chi connectivity index (χ3n) is 6.88. The molecular formula is C28H30N8. The Morgan fingerprint density at radius 2 is 1.92 bits per heavy atom. The molecule has 0 saturated carbocycles. The second-order valence-corrected chi connectivity index (χ2v) is 9.76. The van der Waals surface area contributed by atoms with E-state index in [1.54, 1.807) is 6.20 Å². The highest BCUT2D eigenvalue weighted by atomic mass is 15.2. The SMILES string of the molecule is C=C(Nc1cncc(-c2ccc3[nH]nc(-c4cc5c(N6CCCCC6)nccc5[nH]4)c3n2)c1)C(C)C. The summed E-state index contributed by atoms with van der Waals surface area (Å²) < 4.78 is 0. The van der Waals surface area contributed by atoms with Crippen molar-refractivity contribution in [2.75, 3.05) is 23.3 Å². The van der Waals surface area contributed by atoms with Gasteiger partial charge in [0.2, 0.25) is 0 Å². The van der Waals surface area contributed by atoms with Gasteiger partial charge in [-0.3, -0.25) is 10.1 Å². The molecule has 1 fully saturated rings. The molecule has 0 atom stereocenters. The lowest BCUT2D eigenvalue weighted by molar-refractivity contribution is 0.575. The number of fused-ring (bicyclic) bond motifs is 2. The van der Waals surface area contributed by atoms with Gasteiger partial charge in [0, 0.05) is 42.1 Å². The minimum absolute atomic E-state index is 0.332. The highest BCUT2D eigenvalue weighted by molar-refractivity contribution is 5.98. The van der Waals surface area contributed by atoms with E-state index in [0.29, 0.717) is 5.92 Å². The number of rotatable bonds is 6. The van der Waals surface area contributed by atoms with Crippen molar-refractivity contribution in [2.24, 2.45) is 5.92 Å². The summed E-state index contributed by atoms with van der Waals surface area (Å²) in [5.74, 6) is 1.38. The van der Waals surface area contributed by atoms with Crippen LogP contribution in [0.25, 0.3) is 44.6 Å². The predicted molar refractivity (Wildman–Crippen MR) is 146 cm³/mol. The van der Waals surface area contributed by atoms with Crippen LogP contribution in [0.2, 0.25) is 0 Å². The number of nitrogens with zero attached hydrogens (tertiary/aromatic N) is 5. The minimum atomic E-state index is 0.332. The first-order valence-corrected chi connectivity index (χ1v) is 12.6. The van der Waals surface area contributed by atoms with E-state index in [9.17, 15) is 0 Å². The van der Waals surface area contributed by atoms with Crippen LogP contribution in [0, 0.1) is 5.92 Å². The van der Waals surface area contributed by atoms with Crippen LogP contribution in [0.5, 0.6) is 0 Å². The third-order valence-corrected chi connectivity index (χ3v) is 6.88. The van der Waals surface area contributed by atoms with Gasteiger partial charge in [-0.1, -0.05) is 20.4 Å². The number of anilines is 2. The van der Waals surface area contributed by atoms with Gasteiger partial charge < -0.3 is 15.2 Å². The van der Waals surface area contributed by atoms with Gasteiger partial charge in [0.1, 0.15) is 17.0 Å². The zero-order valence-corrected chi connectivity index (χ0v) is 20.7.